The predicted octanol–water partition coefficient (Wildman–Crippen LogP) is 3.05. The second kappa shape index (κ2) is 9.54. The van der Waals surface area contributed by atoms with Gasteiger partial charge in [0.1, 0.15) is 0 Å². The van der Waals surface area contributed by atoms with Crippen molar-refractivity contribution in [3.05, 3.63) is 0 Å². The molecule has 26 heavy (non-hydrogen) atoms. The zero-order chi connectivity index (χ0) is 18.0. The molecule has 0 aromatic rings. The second-order valence-electron chi connectivity index (χ2n) is 8.31. The fourth-order valence-corrected chi connectivity index (χ4v) is 6.35. The maximum atomic E-state index is 12.2. The fourth-order valence-electron chi connectivity index (χ4n) is 5.00. The lowest BCUT2D eigenvalue weighted by molar-refractivity contribution is -0.106. The van der Waals surface area contributed by atoms with E-state index < -0.39 is 10.8 Å². The summed E-state index contributed by atoms with van der Waals surface area (Å²) >= 11 is 0. The molecule has 5 nitrogen and oxygen atoms in total. The molecule has 7 heteroatoms. The molecule has 0 aromatic heterocycles. The normalized spacial score (nSPS) is 37.1. The van der Waals surface area contributed by atoms with Crippen LogP contribution in [-0.2, 0) is 15.5 Å². The lowest BCUT2D eigenvalue weighted by atomic mass is 9.57. The molecule has 2 N–H and O–H groups in total. The van der Waals surface area contributed by atoms with E-state index in [0.717, 1.165) is 57.0 Å². The quantitative estimate of drug-likeness (QED) is 0.348. The van der Waals surface area contributed by atoms with Gasteiger partial charge in [-0.3, -0.25) is 9.20 Å². The van der Waals surface area contributed by atoms with Gasteiger partial charge in [0.2, 0.25) is 0 Å². The highest BCUT2D eigenvalue weighted by molar-refractivity contribution is 14.0. The molecule has 6 unspecified atom stereocenters. The van der Waals surface area contributed by atoms with Crippen molar-refractivity contribution in [1.29, 1.82) is 0 Å². The van der Waals surface area contributed by atoms with E-state index in [0.29, 0.717) is 29.4 Å². The molecule has 1 heterocycles. The summed E-state index contributed by atoms with van der Waals surface area (Å²) in [4.78, 5) is 4.69. The third-order valence-corrected chi connectivity index (χ3v) is 8.07. The molecule has 2 saturated carbocycles. The first-order chi connectivity index (χ1) is 12.0. The molecule has 2 aliphatic carbocycles. The van der Waals surface area contributed by atoms with Gasteiger partial charge in [0, 0.05) is 58.4 Å². The Morgan fingerprint density at radius 2 is 2.00 bits per heavy atom. The molecule has 0 spiro atoms. The SMILES string of the molecule is CCN=C(NC1CCCC(S(=O)CC)C1)NC1C2CCOC2C1(C)C.I. The Morgan fingerprint density at radius 3 is 2.69 bits per heavy atom. The summed E-state index contributed by atoms with van der Waals surface area (Å²) in [5.74, 6) is 2.30. The van der Waals surface area contributed by atoms with Crippen molar-refractivity contribution in [3.8, 4) is 0 Å². The molecule has 0 radical (unpaired) electrons. The van der Waals surface area contributed by atoms with Crippen LogP contribution in [-0.4, -0.2) is 52.5 Å². The third kappa shape index (κ3) is 4.57. The van der Waals surface area contributed by atoms with Gasteiger partial charge in [-0.2, -0.15) is 0 Å². The van der Waals surface area contributed by atoms with Gasteiger partial charge in [-0.15, -0.1) is 24.0 Å². The van der Waals surface area contributed by atoms with Crippen LogP contribution in [0.25, 0.3) is 0 Å². The molecule has 3 rings (SSSR count). The van der Waals surface area contributed by atoms with Crippen LogP contribution in [0.1, 0.15) is 59.8 Å². The van der Waals surface area contributed by atoms with E-state index in [9.17, 15) is 4.21 Å². The van der Waals surface area contributed by atoms with Gasteiger partial charge < -0.3 is 15.4 Å². The number of halogens is 1. The number of ether oxygens (including phenoxy) is 1. The molecule has 6 atom stereocenters. The molecule has 3 fully saturated rings. The Kier molecular flexibility index (Phi) is 8.22. The van der Waals surface area contributed by atoms with Crippen molar-refractivity contribution in [2.75, 3.05) is 18.9 Å². The smallest absolute Gasteiger partial charge is 0.191 e. The number of nitrogens with one attached hydrogen (secondary N) is 2. The first-order valence-electron chi connectivity index (χ1n) is 10.0. The zero-order valence-corrected chi connectivity index (χ0v) is 19.8. The Balaban J connectivity index is 0.00000243. The van der Waals surface area contributed by atoms with E-state index >= 15 is 0 Å². The van der Waals surface area contributed by atoms with Crippen molar-refractivity contribution < 1.29 is 8.95 Å². The van der Waals surface area contributed by atoms with Crippen LogP contribution in [0, 0.1) is 11.3 Å². The van der Waals surface area contributed by atoms with Gasteiger partial charge in [0.15, 0.2) is 5.96 Å². The van der Waals surface area contributed by atoms with Crippen molar-refractivity contribution in [1.82, 2.24) is 10.6 Å². The molecule has 0 amide bonds. The minimum Gasteiger partial charge on any atom is -0.377 e. The largest absolute Gasteiger partial charge is 0.377 e. The average molecular weight is 497 g/mol. The standard InChI is InChI=1S/C19H35N3O2S.HI/c1-5-20-18(21-13-8-7-9-14(12-13)25(23)6-2)22-16-15-10-11-24-17(15)19(16,3)4;/h13-17H,5-12H2,1-4H3,(H2,20,21,22);1H. The number of rotatable bonds is 5. The monoisotopic (exact) mass is 497 g/mol. The number of guanidine groups is 1. The molecular formula is C19H36IN3O2S. The summed E-state index contributed by atoms with van der Waals surface area (Å²) in [5, 5.41) is 7.69. The molecular weight excluding hydrogens is 461 g/mol. The van der Waals surface area contributed by atoms with Crippen LogP contribution < -0.4 is 10.6 Å². The van der Waals surface area contributed by atoms with Crippen LogP contribution in [0.15, 0.2) is 4.99 Å². The number of hydrogen-bond acceptors (Lipinski definition) is 3. The maximum absolute atomic E-state index is 12.2. The van der Waals surface area contributed by atoms with Crippen molar-refractivity contribution in [3.63, 3.8) is 0 Å². The van der Waals surface area contributed by atoms with E-state index in [1.807, 2.05) is 6.92 Å². The van der Waals surface area contributed by atoms with Crippen LogP contribution in [0.3, 0.4) is 0 Å². The van der Waals surface area contributed by atoms with Crippen molar-refractivity contribution in [2.24, 2.45) is 16.3 Å². The molecule has 0 bridgehead atoms. The minimum absolute atomic E-state index is 0. The molecule has 3 aliphatic rings. The third-order valence-electron chi connectivity index (χ3n) is 6.33. The Bertz CT molecular complexity index is 529. The fraction of sp³-hybridized carbons (Fsp3) is 0.947. The van der Waals surface area contributed by atoms with E-state index in [1.54, 1.807) is 0 Å². The maximum Gasteiger partial charge on any atom is 0.191 e. The summed E-state index contributed by atoms with van der Waals surface area (Å²) in [6.45, 7) is 10.3. The first-order valence-corrected chi connectivity index (χ1v) is 11.4. The van der Waals surface area contributed by atoms with E-state index in [2.05, 4.69) is 36.4 Å². The van der Waals surface area contributed by atoms with E-state index in [-0.39, 0.29) is 29.4 Å². The summed E-state index contributed by atoms with van der Waals surface area (Å²) in [6.07, 6.45) is 5.92. The Labute approximate surface area is 178 Å². The highest BCUT2D eigenvalue weighted by Crippen LogP contribution is 2.52. The van der Waals surface area contributed by atoms with Crippen LogP contribution in [0.2, 0.25) is 0 Å². The van der Waals surface area contributed by atoms with Gasteiger partial charge in [-0.1, -0.05) is 27.2 Å². The van der Waals surface area contributed by atoms with Crippen molar-refractivity contribution >= 4 is 40.7 Å². The van der Waals surface area contributed by atoms with E-state index in [1.165, 1.54) is 0 Å². The summed E-state index contributed by atoms with van der Waals surface area (Å²) in [7, 11) is -0.687. The van der Waals surface area contributed by atoms with Gasteiger partial charge in [-0.05, 0) is 32.6 Å². The lowest BCUT2D eigenvalue weighted by Crippen LogP contribution is -2.68. The van der Waals surface area contributed by atoms with Gasteiger partial charge >= 0.3 is 0 Å². The van der Waals surface area contributed by atoms with Gasteiger partial charge in [0.25, 0.3) is 0 Å². The van der Waals surface area contributed by atoms with E-state index in [4.69, 9.17) is 4.74 Å². The summed E-state index contributed by atoms with van der Waals surface area (Å²) < 4.78 is 18.1. The number of aliphatic imine (C=N–C) groups is 1. The van der Waals surface area contributed by atoms with Crippen molar-refractivity contribution in [2.45, 2.75) is 83.2 Å². The highest BCUT2D eigenvalue weighted by atomic mass is 127. The minimum atomic E-state index is -0.687. The van der Waals surface area contributed by atoms with Crippen LogP contribution in [0.5, 0.6) is 0 Å². The molecule has 1 saturated heterocycles. The molecule has 1 aliphatic heterocycles. The molecule has 152 valence electrons. The van der Waals surface area contributed by atoms with Crippen LogP contribution >= 0.6 is 24.0 Å². The topological polar surface area (TPSA) is 62.7 Å². The Morgan fingerprint density at radius 1 is 1.23 bits per heavy atom. The Hall–Kier alpha value is 0.110. The number of fused-ring (bicyclic) bond motifs is 1. The lowest BCUT2D eigenvalue weighted by Gasteiger charge is -2.55. The molecule has 0 aromatic carbocycles. The predicted molar refractivity (Wildman–Crippen MR) is 120 cm³/mol. The summed E-state index contributed by atoms with van der Waals surface area (Å²) in [5.41, 5.74) is 0.149. The first kappa shape index (κ1) is 22.4. The van der Waals surface area contributed by atoms with Gasteiger partial charge in [0.05, 0.1) is 6.10 Å². The second-order valence-corrected chi connectivity index (χ2v) is 10.3. The highest BCUT2D eigenvalue weighted by Gasteiger charge is 2.59. The average Bonchev–Trinajstić information content (AvgIpc) is 3.06. The zero-order valence-electron chi connectivity index (χ0n) is 16.6. The summed E-state index contributed by atoms with van der Waals surface area (Å²) in [6, 6.07) is 0.799. The van der Waals surface area contributed by atoms with Gasteiger partial charge in [-0.25, -0.2) is 0 Å². The number of hydrogen-bond donors (Lipinski definition) is 2. The number of nitrogens with zero attached hydrogens (tertiary/aromatic N) is 1. The van der Waals surface area contributed by atoms with Crippen LogP contribution in [0.4, 0.5) is 0 Å².